The zero-order valence-electron chi connectivity index (χ0n) is 15.3. The molecule has 0 spiro atoms. The number of aromatic nitrogens is 3. The van der Waals surface area contributed by atoms with Gasteiger partial charge in [-0.25, -0.2) is 9.97 Å². The van der Waals surface area contributed by atoms with Crippen molar-refractivity contribution in [1.29, 1.82) is 0 Å². The van der Waals surface area contributed by atoms with Crippen LogP contribution in [0.3, 0.4) is 0 Å². The summed E-state index contributed by atoms with van der Waals surface area (Å²) in [7, 11) is 0. The first-order chi connectivity index (χ1) is 12.5. The molecule has 1 aromatic carbocycles. The maximum Gasteiger partial charge on any atom is 0.234 e. The average molecular weight is 354 g/mol. The van der Waals surface area contributed by atoms with Gasteiger partial charge in [-0.3, -0.25) is 4.79 Å². The number of nitrogens with zero attached hydrogens (tertiary/aromatic N) is 2. The highest BCUT2D eigenvalue weighted by atomic mass is 19.1. The van der Waals surface area contributed by atoms with Crippen LogP contribution in [-0.2, 0) is 11.2 Å². The molecule has 3 rings (SSSR count). The SMILES string of the molecule is C=CC.Cc1cc(-c2cccc3nc(C)c(F)nc23)[nH]c1CCNC=O. The molecule has 0 saturated heterocycles. The van der Waals surface area contributed by atoms with Crippen LogP contribution in [0.4, 0.5) is 4.39 Å². The molecule has 0 fully saturated rings. The molecule has 1 amide bonds. The number of para-hydroxylation sites is 1. The van der Waals surface area contributed by atoms with Crippen LogP contribution in [-0.4, -0.2) is 27.9 Å². The lowest BCUT2D eigenvalue weighted by atomic mass is 10.1. The molecule has 0 radical (unpaired) electrons. The van der Waals surface area contributed by atoms with Crippen molar-refractivity contribution in [2.24, 2.45) is 0 Å². The molecular weight excluding hydrogens is 331 g/mol. The predicted molar refractivity (Wildman–Crippen MR) is 102 cm³/mol. The Hall–Kier alpha value is -3.02. The number of aryl methyl sites for hydroxylation is 2. The first-order valence-corrected chi connectivity index (χ1v) is 8.37. The molecule has 0 saturated carbocycles. The maximum absolute atomic E-state index is 13.8. The minimum absolute atomic E-state index is 0.290. The summed E-state index contributed by atoms with van der Waals surface area (Å²) in [5.41, 5.74) is 5.29. The van der Waals surface area contributed by atoms with Crippen LogP contribution >= 0.6 is 0 Å². The fraction of sp³-hybridized carbons (Fsp3) is 0.250. The Labute approximate surface area is 152 Å². The normalized spacial score (nSPS) is 10.2. The van der Waals surface area contributed by atoms with Crippen LogP contribution in [0.2, 0.25) is 0 Å². The Morgan fingerprint density at radius 1 is 1.31 bits per heavy atom. The van der Waals surface area contributed by atoms with Crippen LogP contribution in [0.15, 0.2) is 36.9 Å². The smallest absolute Gasteiger partial charge is 0.234 e. The summed E-state index contributed by atoms with van der Waals surface area (Å²) in [4.78, 5) is 22.0. The Morgan fingerprint density at radius 3 is 2.73 bits per heavy atom. The molecular formula is C20H23FN4O. The molecule has 0 atom stereocenters. The highest BCUT2D eigenvalue weighted by Crippen LogP contribution is 2.28. The van der Waals surface area contributed by atoms with Crippen molar-refractivity contribution in [2.45, 2.75) is 27.2 Å². The first-order valence-electron chi connectivity index (χ1n) is 8.37. The van der Waals surface area contributed by atoms with Crippen LogP contribution in [0.25, 0.3) is 22.3 Å². The van der Waals surface area contributed by atoms with E-state index in [4.69, 9.17) is 0 Å². The molecule has 0 unspecified atom stereocenters. The molecule has 2 aromatic heterocycles. The molecule has 2 N–H and O–H groups in total. The topological polar surface area (TPSA) is 70.7 Å². The van der Waals surface area contributed by atoms with E-state index >= 15 is 0 Å². The lowest BCUT2D eigenvalue weighted by molar-refractivity contribution is -0.109. The number of hydrogen-bond donors (Lipinski definition) is 2. The Bertz CT molecular complexity index is 918. The standard InChI is InChI=1S/C17H17FN4O.C3H6/c1-10-8-15(21-13(10)6-7-19-9-23)12-4-3-5-14-16(12)22-17(18)11(2)20-14;1-3-2/h3-5,8-9,21H,6-7H2,1-2H3,(H,19,23);3H,1H2,2H3. The van der Waals surface area contributed by atoms with Crippen molar-refractivity contribution in [3.05, 3.63) is 59.8 Å². The number of aromatic amines is 1. The molecule has 0 bridgehead atoms. The van der Waals surface area contributed by atoms with Crippen molar-refractivity contribution in [1.82, 2.24) is 20.3 Å². The summed E-state index contributed by atoms with van der Waals surface area (Å²) in [6, 6.07) is 7.60. The number of benzene rings is 1. The fourth-order valence-electron chi connectivity index (χ4n) is 2.62. The molecule has 0 aliphatic rings. The van der Waals surface area contributed by atoms with Crippen molar-refractivity contribution in [3.63, 3.8) is 0 Å². The van der Waals surface area contributed by atoms with Gasteiger partial charge >= 0.3 is 0 Å². The minimum Gasteiger partial charge on any atom is -0.358 e. The third-order valence-electron chi connectivity index (χ3n) is 3.83. The Morgan fingerprint density at radius 2 is 2.04 bits per heavy atom. The quantitative estimate of drug-likeness (QED) is 0.415. The second-order valence-electron chi connectivity index (χ2n) is 5.85. The van der Waals surface area contributed by atoms with Gasteiger partial charge in [-0.15, -0.1) is 6.58 Å². The van der Waals surface area contributed by atoms with Gasteiger partial charge in [0.05, 0.1) is 11.2 Å². The number of hydrogen-bond acceptors (Lipinski definition) is 3. The summed E-state index contributed by atoms with van der Waals surface area (Å²) >= 11 is 0. The van der Waals surface area contributed by atoms with Gasteiger partial charge in [-0.2, -0.15) is 4.39 Å². The second kappa shape index (κ2) is 8.89. The summed E-state index contributed by atoms with van der Waals surface area (Å²) in [5, 5.41) is 2.64. The van der Waals surface area contributed by atoms with Crippen LogP contribution in [0, 0.1) is 19.8 Å². The van der Waals surface area contributed by atoms with Crippen molar-refractivity contribution < 1.29 is 9.18 Å². The number of amides is 1. The van der Waals surface area contributed by atoms with Crippen LogP contribution < -0.4 is 5.32 Å². The van der Waals surface area contributed by atoms with Gasteiger partial charge in [0.15, 0.2) is 0 Å². The van der Waals surface area contributed by atoms with Gasteiger partial charge in [0.1, 0.15) is 5.52 Å². The lowest BCUT2D eigenvalue weighted by Crippen LogP contribution is -2.14. The molecule has 0 aliphatic heterocycles. The van der Waals surface area contributed by atoms with Crippen LogP contribution in [0.1, 0.15) is 23.9 Å². The van der Waals surface area contributed by atoms with E-state index in [1.165, 1.54) is 0 Å². The zero-order chi connectivity index (χ0) is 19.1. The van der Waals surface area contributed by atoms with E-state index in [0.29, 0.717) is 30.4 Å². The molecule has 6 heteroatoms. The Kier molecular flexibility index (Phi) is 6.60. The largest absolute Gasteiger partial charge is 0.358 e. The van der Waals surface area contributed by atoms with Gasteiger partial charge in [0, 0.05) is 29.9 Å². The molecule has 2 heterocycles. The van der Waals surface area contributed by atoms with E-state index in [9.17, 15) is 9.18 Å². The van der Waals surface area contributed by atoms with Gasteiger partial charge in [0.2, 0.25) is 12.4 Å². The lowest BCUT2D eigenvalue weighted by Gasteiger charge is -2.05. The monoisotopic (exact) mass is 354 g/mol. The predicted octanol–water partition coefficient (Wildman–Crippen LogP) is 3.86. The fourth-order valence-corrected chi connectivity index (χ4v) is 2.62. The van der Waals surface area contributed by atoms with Crippen LogP contribution in [0.5, 0.6) is 0 Å². The van der Waals surface area contributed by atoms with Crippen molar-refractivity contribution in [2.75, 3.05) is 6.54 Å². The summed E-state index contributed by atoms with van der Waals surface area (Å²) < 4.78 is 13.8. The highest BCUT2D eigenvalue weighted by molar-refractivity contribution is 5.90. The number of nitrogens with one attached hydrogen (secondary N) is 2. The number of fused-ring (bicyclic) bond motifs is 1. The number of H-pyrrole nitrogens is 1. The second-order valence-corrected chi connectivity index (χ2v) is 5.85. The van der Waals surface area contributed by atoms with E-state index in [0.717, 1.165) is 22.5 Å². The number of rotatable bonds is 5. The number of carbonyl (C=O) groups excluding carboxylic acids is 1. The summed E-state index contributed by atoms with van der Waals surface area (Å²) in [5.74, 6) is -0.552. The average Bonchev–Trinajstić information content (AvgIpc) is 2.97. The van der Waals surface area contributed by atoms with Gasteiger partial charge in [0.25, 0.3) is 0 Å². The molecule has 5 nitrogen and oxygen atoms in total. The number of carbonyl (C=O) groups is 1. The van der Waals surface area contributed by atoms with E-state index < -0.39 is 5.95 Å². The van der Waals surface area contributed by atoms with E-state index in [1.807, 2.05) is 38.1 Å². The number of allylic oxidation sites excluding steroid dienone is 1. The van der Waals surface area contributed by atoms with Gasteiger partial charge in [-0.1, -0.05) is 18.2 Å². The van der Waals surface area contributed by atoms with Gasteiger partial charge < -0.3 is 10.3 Å². The van der Waals surface area contributed by atoms with E-state index in [1.54, 1.807) is 13.0 Å². The molecule has 26 heavy (non-hydrogen) atoms. The maximum atomic E-state index is 13.8. The van der Waals surface area contributed by atoms with E-state index in [2.05, 4.69) is 26.8 Å². The Balaban J connectivity index is 0.000000758. The molecule has 136 valence electrons. The first kappa shape index (κ1) is 19.3. The summed E-state index contributed by atoms with van der Waals surface area (Å²) in [6.07, 6.45) is 3.14. The zero-order valence-corrected chi connectivity index (χ0v) is 15.3. The summed E-state index contributed by atoms with van der Waals surface area (Å²) in [6.45, 7) is 9.41. The molecule has 0 aliphatic carbocycles. The third-order valence-corrected chi connectivity index (χ3v) is 3.83. The highest BCUT2D eigenvalue weighted by Gasteiger charge is 2.12. The van der Waals surface area contributed by atoms with Crippen molar-refractivity contribution in [3.8, 4) is 11.3 Å². The van der Waals surface area contributed by atoms with E-state index in [-0.39, 0.29) is 5.69 Å². The third kappa shape index (κ3) is 4.33. The number of halogens is 1. The molecule has 3 aromatic rings. The van der Waals surface area contributed by atoms with Crippen molar-refractivity contribution >= 4 is 17.4 Å². The van der Waals surface area contributed by atoms with Gasteiger partial charge in [-0.05, 0) is 38.5 Å². The minimum atomic E-state index is -0.552.